The molecule has 13 heavy (non-hydrogen) atoms. The Hall–Kier alpha value is -0.900. The Morgan fingerprint density at radius 1 is 1.62 bits per heavy atom. The number of aliphatic hydroxyl groups excluding tert-OH is 1. The molecule has 0 fully saturated rings. The first-order chi connectivity index (χ1) is 6.01. The molecule has 1 N–H and O–H groups in total. The predicted octanol–water partition coefficient (Wildman–Crippen LogP) is 0.526. The summed E-state index contributed by atoms with van der Waals surface area (Å²) in [6.07, 6.45) is -0.375. The molecule has 4 heteroatoms. The highest BCUT2D eigenvalue weighted by molar-refractivity contribution is 5.80. The first-order valence-corrected chi connectivity index (χ1v) is 4.32. The van der Waals surface area contributed by atoms with Crippen LogP contribution < -0.4 is 0 Å². The Bertz CT molecular complexity index is 190. The summed E-state index contributed by atoms with van der Waals surface area (Å²) >= 11 is 0. The number of aldehydes is 1. The molecule has 0 aliphatic heterocycles. The quantitative estimate of drug-likeness (QED) is 0.505. The lowest BCUT2D eigenvalue weighted by Gasteiger charge is -2.25. The lowest BCUT2D eigenvalue weighted by atomic mass is 9.83. The molecular weight excluding hydrogens is 172 g/mol. The van der Waals surface area contributed by atoms with Gasteiger partial charge < -0.3 is 14.6 Å². The van der Waals surface area contributed by atoms with E-state index in [1.54, 1.807) is 13.8 Å². The van der Waals surface area contributed by atoms with Crippen molar-refractivity contribution in [1.82, 2.24) is 0 Å². The number of rotatable bonds is 5. The van der Waals surface area contributed by atoms with Gasteiger partial charge in [0.05, 0.1) is 12.0 Å². The zero-order valence-corrected chi connectivity index (χ0v) is 8.24. The molecular formula is C9H16O4. The summed E-state index contributed by atoms with van der Waals surface area (Å²) in [5.41, 5.74) is -1.04. The zero-order chi connectivity index (χ0) is 10.5. The summed E-state index contributed by atoms with van der Waals surface area (Å²) in [6.45, 7) is 5.11. The molecule has 0 saturated carbocycles. The SMILES string of the molecule is CCOC(=O)[C@H](O)[C@](C)(C=O)CC. The monoisotopic (exact) mass is 188 g/mol. The summed E-state index contributed by atoms with van der Waals surface area (Å²) in [5.74, 6) is -0.737. The zero-order valence-electron chi connectivity index (χ0n) is 8.24. The highest BCUT2D eigenvalue weighted by Gasteiger charge is 2.37. The van der Waals surface area contributed by atoms with Gasteiger partial charge in [0, 0.05) is 0 Å². The molecule has 0 aliphatic rings. The van der Waals surface area contributed by atoms with Gasteiger partial charge in [-0.3, -0.25) is 0 Å². The molecule has 0 aliphatic carbocycles. The molecule has 0 aromatic heterocycles. The number of hydrogen-bond acceptors (Lipinski definition) is 4. The normalized spacial score (nSPS) is 17.2. The fourth-order valence-electron chi connectivity index (χ4n) is 0.832. The van der Waals surface area contributed by atoms with Gasteiger partial charge in [-0.1, -0.05) is 6.92 Å². The summed E-state index contributed by atoms with van der Waals surface area (Å²) < 4.78 is 4.61. The molecule has 0 bridgehead atoms. The molecule has 76 valence electrons. The smallest absolute Gasteiger partial charge is 0.335 e. The maximum atomic E-state index is 11.1. The van der Waals surface area contributed by atoms with Crippen LogP contribution in [0.4, 0.5) is 0 Å². The van der Waals surface area contributed by atoms with E-state index in [-0.39, 0.29) is 6.61 Å². The van der Waals surface area contributed by atoms with Crippen LogP contribution in [0.1, 0.15) is 27.2 Å². The van der Waals surface area contributed by atoms with Crippen LogP contribution in [0.15, 0.2) is 0 Å². The number of carbonyl (C=O) groups is 2. The second-order valence-electron chi connectivity index (χ2n) is 3.13. The van der Waals surface area contributed by atoms with E-state index >= 15 is 0 Å². The lowest BCUT2D eigenvalue weighted by molar-refractivity contribution is -0.162. The van der Waals surface area contributed by atoms with Crippen molar-refractivity contribution in [2.24, 2.45) is 5.41 Å². The van der Waals surface area contributed by atoms with Crippen molar-refractivity contribution in [3.63, 3.8) is 0 Å². The molecule has 2 atom stereocenters. The molecule has 0 heterocycles. The lowest BCUT2D eigenvalue weighted by Crippen LogP contribution is -2.40. The van der Waals surface area contributed by atoms with E-state index in [4.69, 9.17) is 0 Å². The van der Waals surface area contributed by atoms with Gasteiger partial charge in [0.2, 0.25) is 0 Å². The van der Waals surface area contributed by atoms with Crippen molar-refractivity contribution in [3.8, 4) is 0 Å². The Kier molecular flexibility index (Phi) is 4.62. The molecule has 0 unspecified atom stereocenters. The van der Waals surface area contributed by atoms with Crippen LogP contribution in [0.5, 0.6) is 0 Å². The standard InChI is InChI=1S/C9H16O4/c1-4-9(3,6-10)7(11)8(12)13-5-2/h6-7,11H,4-5H2,1-3H3/t7-,9-/m0/s1. The van der Waals surface area contributed by atoms with Gasteiger partial charge in [-0.05, 0) is 20.3 Å². The van der Waals surface area contributed by atoms with Crippen LogP contribution in [0.3, 0.4) is 0 Å². The first-order valence-electron chi connectivity index (χ1n) is 4.32. The van der Waals surface area contributed by atoms with Gasteiger partial charge in [-0.2, -0.15) is 0 Å². The summed E-state index contributed by atoms with van der Waals surface area (Å²) in [5, 5.41) is 9.46. The highest BCUT2D eigenvalue weighted by atomic mass is 16.5. The minimum atomic E-state index is -1.37. The van der Waals surface area contributed by atoms with Crippen LogP contribution in [0, 0.1) is 5.41 Å². The van der Waals surface area contributed by atoms with E-state index in [1.807, 2.05) is 0 Å². The van der Waals surface area contributed by atoms with Gasteiger partial charge in [0.15, 0.2) is 6.10 Å². The Morgan fingerprint density at radius 2 is 2.15 bits per heavy atom. The molecule has 4 nitrogen and oxygen atoms in total. The van der Waals surface area contributed by atoms with E-state index in [9.17, 15) is 14.7 Å². The molecule has 0 radical (unpaired) electrons. The summed E-state index contributed by atoms with van der Waals surface area (Å²) in [6, 6.07) is 0. The molecule has 0 amide bonds. The van der Waals surface area contributed by atoms with E-state index in [1.165, 1.54) is 6.92 Å². The molecule has 0 saturated heterocycles. The second kappa shape index (κ2) is 4.97. The third-order valence-electron chi connectivity index (χ3n) is 2.17. The summed E-state index contributed by atoms with van der Waals surface area (Å²) in [4.78, 5) is 21.7. The van der Waals surface area contributed by atoms with Gasteiger partial charge in [-0.25, -0.2) is 4.79 Å². The Morgan fingerprint density at radius 3 is 2.46 bits per heavy atom. The number of ether oxygens (including phenoxy) is 1. The topological polar surface area (TPSA) is 63.6 Å². The Labute approximate surface area is 77.9 Å². The number of hydrogen-bond donors (Lipinski definition) is 1. The minimum Gasteiger partial charge on any atom is -0.464 e. The summed E-state index contributed by atoms with van der Waals surface area (Å²) in [7, 11) is 0. The van der Waals surface area contributed by atoms with E-state index in [0.717, 1.165) is 0 Å². The number of aliphatic hydroxyl groups is 1. The number of carbonyl (C=O) groups excluding carboxylic acids is 2. The average Bonchev–Trinajstić information content (AvgIpc) is 2.16. The van der Waals surface area contributed by atoms with E-state index in [0.29, 0.717) is 12.7 Å². The van der Waals surface area contributed by atoms with Crippen molar-refractivity contribution < 1.29 is 19.4 Å². The molecule has 0 spiro atoms. The second-order valence-corrected chi connectivity index (χ2v) is 3.13. The minimum absolute atomic E-state index is 0.203. The van der Waals surface area contributed by atoms with Gasteiger partial charge >= 0.3 is 5.97 Å². The third-order valence-corrected chi connectivity index (χ3v) is 2.17. The van der Waals surface area contributed by atoms with Crippen LogP contribution in [-0.4, -0.2) is 30.1 Å². The molecule has 0 aromatic rings. The van der Waals surface area contributed by atoms with Crippen molar-refractivity contribution in [1.29, 1.82) is 0 Å². The first kappa shape index (κ1) is 12.1. The Balaban J connectivity index is 4.45. The van der Waals surface area contributed by atoms with E-state index in [2.05, 4.69) is 4.74 Å². The van der Waals surface area contributed by atoms with Crippen molar-refractivity contribution in [2.75, 3.05) is 6.61 Å². The van der Waals surface area contributed by atoms with Crippen molar-refractivity contribution in [2.45, 2.75) is 33.3 Å². The van der Waals surface area contributed by atoms with Crippen molar-refractivity contribution in [3.05, 3.63) is 0 Å². The van der Waals surface area contributed by atoms with Crippen LogP contribution in [-0.2, 0) is 14.3 Å². The maximum absolute atomic E-state index is 11.1. The average molecular weight is 188 g/mol. The van der Waals surface area contributed by atoms with Crippen molar-refractivity contribution >= 4 is 12.3 Å². The molecule has 0 aromatic carbocycles. The fourth-order valence-corrected chi connectivity index (χ4v) is 0.832. The van der Waals surface area contributed by atoms with Gasteiger partial charge in [0.1, 0.15) is 6.29 Å². The highest BCUT2D eigenvalue weighted by Crippen LogP contribution is 2.23. The number of esters is 1. The maximum Gasteiger partial charge on any atom is 0.335 e. The molecule has 0 rings (SSSR count). The third kappa shape index (κ3) is 2.81. The van der Waals surface area contributed by atoms with Crippen LogP contribution in [0.2, 0.25) is 0 Å². The van der Waals surface area contributed by atoms with Gasteiger partial charge in [-0.15, -0.1) is 0 Å². The largest absolute Gasteiger partial charge is 0.464 e. The van der Waals surface area contributed by atoms with E-state index < -0.39 is 17.5 Å². The van der Waals surface area contributed by atoms with Crippen LogP contribution in [0.25, 0.3) is 0 Å². The predicted molar refractivity (Wildman–Crippen MR) is 47.1 cm³/mol. The van der Waals surface area contributed by atoms with Crippen LogP contribution >= 0.6 is 0 Å². The fraction of sp³-hybridized carbons (Fsp3) is 0.778. The van der Waals surface area contributed by atoms with Gasteiger partial charge in [0.25, 0.3) is 0 Å².